The molecule has 1 aromatic rings. The molecule has 1 atom stereocenters. The molecular weight excluding hydrogens is 224 g/mol. The van der Waals surface area contributed by atoms with Crippen molar-refractivity contribution in [3.05, 3.63) is 29.3 Å². The van der Waals surface area contributed by atoms with Gasteiger partial charge in [0, 0.05) is 11.7 Å². The van der Waals surface area contributed by atoms with Gasteiger partial charge in [-0.2, -0.15) is 0 Å². The van der Waals surface area contributed by atoms with Crippen LogP contribution in [0.25, 0.3) is 0 Å². The molecule has 0 radical (unpaired) electrons. The molecule has 1 unspecified atom stereocenters. The number of nitrogen functional groups attached to an aromatic ring is 1. The van der Waals surface area contributed by atoms with Crippen molar-refractivity contribution in [2.45, 2.75) is 46.1 Å². The number of nitrogens with one attached hydrogen (secondary N) is 1. The Morgan fingerprint density at radius 2 is 2.17 bits per heavy atom. The number of carbonyl (C=O) groups excluding carboxylic acids is 1. The van der Waals surface area contributed by atoms with Crippen molar-refractivity contribution in [2.75, 3.05) is 5.73 Å². The second-order valence-electron chi connectivity index (χ2n) is 5.94. The maximum absolute atomic E-state index is 12.3. The number of anilines is 1. The highest BCUT2D eigenvalue weighted by Crippen LogP contribution is 2.37. The molecule has 1 aliphatic carbocycles. The summed E-state index contributed by atoms with van der Waals surface area (Å²) in [5, 5.41) is 3.13. The average molecular weight is 246 g/mol. The largest absolute Gasteiger partial charge is 0.398 e. The van der Waals surface area contributed by atoms with Crippen molar-refractivity contribution >= 4 is 11.6 Å². The fraction of sp³-hybridized carbons (Fsp3) is 0.533. The Morgan fingerprint density at radius 3 is 2.78 bits per heavy atom. The number of hydrogen-bond acceptors (Lipinski definition) is 2. The molecule has 0 heterocycles. The summed E-state index contributed by atoms with van der Waals surface area (Å²) in [4.78, 5) is 12.3. The summed E-state index contributed by atoms with van der Waals surface area (Å²) in [6.45, 7) is 6.35. The van der Waals surface area contributed by atoms with Gasteiger partial charge in [-0.15, -0.1) is 0 Å². The van der Waals surface area contributed by atoms with Gasteiger partial charge in [0.1, 0.15) is 0 Å². The summed E-state index contributed by atoms with van der Waals surface area (Å²) in [5.74, 6) is -0.0452. The molecule has 0 aromatic heterocycles. The van der Waals surface area contributed by atoms with Gasteiger partial charge >= 0.3 is 0 Å². The van der Waals surface area contributed by atoms with E-state index in [2.05, 4.69) is 19.2 Å². The third-order valence-electron chi connectivity index (χ3n) is 4.13. The second-order valence-corrected chi connectivity index (χ2v) is 5.94. The normalized spacial score (nSPS) is 21.8. The molecule has 3 N–H and O–H groups in total. The van der Waals surface area contributed by atoms with Crippen molar-refractivity contribution in [3.63, 3.8) is 0 Å². The lowest BCUT2D eigenvalue weighted by molar-refractivity contribution is 0.0911. The Hall–Kier alpha value is -1.51. The van der Waals surface area contributed by atoms with E-state index in [1.807, 2.05) is 19.1 Å². The van der Waals surface area contributed by atoms with Crippen molar-refractivity contribution in [1.29, 1.82) is 0 Å². The molecule has 0 saturated heterocycles. The van der Waals surface area contributed by atoms with Crippen LogP contribution in [0.1, 0.15) is 49.0 Å². The zero-order valence-corrected chi connectivity index (χ0v) is 11.4. The van der Waals surface area contributed by atoms with Crippen molar-refractivity contribution < 1.29 is 4.79 Å². The van der Waals surface area contributed by atoms with E-state index in [0.717, 1.165) is 12.0 Å². The Kier molecular flexibility index (Phi) is 3.33. The van der Waals surface area contributed by atoms with Gasteiger partial charge in [-0.1, -0.05) is 32.4 Å². The zero-order chi connectivity index (χ0) is 13.3. The van der Waals surface area contributed by atoms with Crippen LogP contribution in [0.15, 0.2) is 18.2 Å². The standard InChI is InChI=1S/C15H22N2O/c1-10-6-4-7-11(13(10)16)14(18)17-12-8-5-9-15(12,2)3/h4,6-7,12H,5,8-9,16H2,1-3H3,(H,17,18). The third kappa shape index (κ3) is 2.35. The molecule has 1 aliphatic rings. The molecule has 0 bridgehead atoms. The molecule has 3 nitrogen and oxygen atoms in total. The quantitative estimate of drug-likeness (QED) is 0.788. The number of nitrogens with two attached hydrogens (primary N) is 1. The number of carbonyl (C=O) groups is 1. The van der Waals surface area contributed by atoms with E-state index in [9.17, 15) is 4.79 Å². The zero-order valence-electron chi connectivity index (χ0n) is 11.4. The molecule has 98 valence electrons. The van der Waals surface area contributed by atoms with E-state index >= 15 is 0 Å². The molecule has 1 aromatic carbocycles. The van der Waals surface area contributed by atoms with E-state index in [1.54, 1.807) is 6.07 Å². The summed E-state index contributed by atoms with van der Waals surface area (Å²) in [7, 11) is 0. The van der Waals surface area contributed by atoms with Gasteiger partial charge in [-0.3, -0.25) is 4.79 Å². The minimum absolute atomic E-state index is 0.0452. The maximum atomic E-state index is 12.3. The highest BCUT2D eigenvalue weighted by Gasteiger charge is 2.35. The number of hydrogen-bond donors (Lipinski definition) is 2. The third-order valence-corrected chi connectivity index (χ3v) is 4.13. The monoisotopic (exact) mass is 246 g/mol. The fourth-order valence-corrected chi connectivity index (χ4v) is 2.71. The first-order valence-corrected chi connectivity index (χ1v) is 6.58. The minimum Gasteiger partial charge on any atom is -0.398 e. The maximum Gasteiger partial charge on any atom is 0.253 e. The summed E-state index contributed by atoms with van der Waals surface area (Å²) in [6, 6.07) is 5.84. The molecule has 18 heavy (non-hydrogen) atoms. The van der Waals surface area contributed by atoms with E-state index in [4.69, 9.17) is 5.73 Å². The van der Waals surface area contributed by atoms with Gasteiger partial charge < -0.3 is 11.1 Å². The summed E-state index contributed by atoms with van der Waals surface area (Å²) >= 11 is 0. The van der Waals surface area contributed by atoms with Crippen LogP contribution in [0.3, 0.4) is 0 Å². The predicted molar refractivity (Wildman–Crippen MR) is 74.5 cm³/mol. The molecule has 1 amide bonds. The topological polar surface area (TPSA) is 55.1 Å². The summed E-state index contributed by atoms with van der Waals surface area (Å²) < 4.78 is 0. The van der Waals surface area contributed by atoms with E-state index in [1.165, 1.54) is 12.8 Å². The summed E-state index contributed by atoms with van der Waals surface area (Å²) in [5.41, 5.74) is 8.29. The first-order valence-electron chi connectivity index (χ1n) is 6.58. The predicted octanol–water partition coefficient (Wildman–Crippen LogP) is 2.89. The lowest BCUT2D eigenvalue weighted by Crippen LogP contribution is -2.41. The average Bonchev–Trinajstić information content (AvgIpc) is 2.62. The van der Waals surface area contributed by atoms with Gasteiger partial charge in [0.2, 0.25) is 0 Å². The SMILES string of the molecule is Cc1cccc(C(=O)NC2CCCC2(C)C)c1N. The number of para-hydroxylation sites is 1. The smallest absolute Gasteiger partial charge is 0.253 e. The highest BCUT2D eigenvalue weighted by atomic mass is 16.1. The van der Waals surface area contributed by atoms with Crippen LogP contribution in [0, 0.1) is 12.3 Å². The van der Waals surface area contributed by atoms with Crippen LogP contribution in [0.5, 0.6) is 0 Å². The number of aryl methyl sites for hydroxylation is 1. The van der Waals surface area contributed by atoms with Crippen LogP contribution in [-0.4, -0.2) is 11.9 Å². The van der Waals surface area contributed by atoms with Gasteiger partial charge in [0.05, 0.1) is 5.56 Å². The fourth-order valence-electron chi connectivity index (χ4n) is 2.71. The van der Waals surface area contributed by atoms with Crippen molar-refractivity contribution in [3.8, 4) is 0 Å². The summed E-state index contributed by atoms with van der Waals surface area (Å²) in [6.07, 6.45) is 3.41. The second kappa shape index (κ2) is 4.63. The van der Waals surface area contributed by atoms with Crippen LogP contribution in [-0.2, 0) is 0 Å². The Bertz CT molecular complexity index is 466. The lowest BCUT2D eigenvalue weighted by atomic mass is 9.87. The molecule has 0 aliphatic heterocycles. The van der Waals surface area contributed by atoms with Crippen LogP contribution < -0.4 is 11.1 Å². The van der Waals surface area contributed by atoms with E-state index in [0.29, 0.717) is 11.3 Å². The van der Waals surface area contributed by atoms with Crippen LogP contribution in [0.2, 0.25) is 0 Å². The first-order chi connectivity index (χ1) is 8.42. The van der Waals surface area contributed by atoms with Gasteiger partial charge in [0.15, 0.2) is 0 Å². The van der Waals surface area contributed by atoms with Gasteiger partial charge in [0.25, 0.3) is 5.91 Å². The number of rotatable bonds is 2. The minimum atomic E-state index is -0.0452. The lowest BCUT2D eigenvalue weighted by Gasteiger charge is -2.28. The Labute approximate surface area is 109 Å². The molecule has 3 heteroatoms. The Balaban J connectivity index is 2.15. The van der Waals surface area contributed by atoms with Gasteiger partial charge in [-0.25, -0.2) is 0 Å². The van der Waals surface area contributed by atoms with Crippen molar-refractivity contribution in [1.82, 2.24) is 5.32 Å². The molecular formula is C15H22N2O. The number of amides is 1. The molecule has 2 rings (SSSR count). The highest BCUT2D eigenvalue weighted by molar-refractivity contribution is 5.99. The van der Waals surface area contributed by atoms with E-state index in [-0.39, 0.29) is 17.4 Å². The molecule has 1 fully saturated rings. The number of benzene rings is 1. The first kappa shape index (κ1) is 12.9. The van der Waals surface area contributed by atoms with Crippen LogP contribution >= 0.6 is 0 Å². The van der Waals surface area contributed by atoms with E-state index < -0.39 is 0 Å². The van der Waals surface area contributed by atoms with Crippen LogP contribution in [0.4, 0.5) is 5.69 Å². The van der Waals surface area contributed by atoms with Crippen molar-refractivity contribution in [2.24, 2.45) is 5.41 Å². The van der Waals surface area contributed by atoms with Gasteiger partial charge in [-0.05, 0) is 36.8 Å². The molecule has 1 saturated carbocycles. The molecule has 0 spiro atoms. The Morgan fingerprint density at radius 1 is 1.44 bits per heavy atom.